The molecule has 6 nitrogen and oxygen atoms in total. The third-order valence-electron chi connectivity index (χ3n) is 3.37. The van der Waals surface area contributed by atoms with E-state index in [-0.39, 0.29) is 6.42 Å². The maximum atomic E-state index is 12.0. The van der Waals surface area contributed by atoms with E-state index < -0.39 is 24.0 Å². The Morgan fingerprint density at radius 2 is 1.70 bits per heavy atom. The third kappa shape index (κ3) is 4.55. The summed E-state index contributed by atoms with van der Waals surface area (Å²) < 4.78 is 0. The lowest BCUT2D eigenvalue weighted by atomic mass is 10.0. The fraction of sp³-hybridized carbons (Fsp3) is 0.176. The van der Waals surface area contributed by atoms with Gasteiger partial charge in [0.15, 0.2) is 0 Å². The largest absolute Gasteiger partial charge is 0.548 e. The summed E-state index contributed by atoms with van der Waals surface area (Å²) in [5.41, 5.74) is 7.20. The molecule has 0 radical (unpaired) electrons. The number of aliphatic carboxylic acids is 1. The number of carbonyl (C=O) groups is 2. The van der Waals surface area contributed by atoms with Gasteiger partial charge in [0.25, 0.3) is 0 Å². The van der Waals surface area contributed by atoms with Crippen LogP contribution in [0.5, 0.6) is 0 Å². The summed E-state index contributed by atoms with van der Waals surface area (Å²) in [4.78, 5) is 23.2. The first kappa shape index (κ1) is 16.5. The van der Waals surface area contributed by atoms with Crippen molar-refractivity contribution in [2.75, 3.05) is 5.73 Å². The van der Waals surface area contributed by atoms with E-state index in [1.165, 1.54) is 0 Å². The number of benzene rings is 2. The Labute approximate surface area is 133 Å². The van der Waals surface area contributed by atoms with Gasteiger partial charge in [-0.3, -0.25) is 4.79 Å². The van der Waals surface area contributed by atoms with E-state index in [1.807, 2.05) is 0 Å². The van der Waals surface area contributed by atoms with E-state index in [4.69, 9.17) is 5.73 Å². The Bertz CT molecular complexity index is 671. The van der Waals surface area contributed by atoms with Crippen molar-refractivity contribution in [2.45, 2.75) is 18.6 Å². The first-order valence-corrected chi connectivity index (χ1v) is 7.05. The monoisotopic (exact) mass is 313 g/mol. The van der Waals surface area contributed by atoms with Gasteiger partial charge in [-0.1, -0.05) is 42.5 Å². The molecule has 1 amide bonds. The van der Waals surface area contributed by atoms with Gasteiger partial charge in [0.05, 0.1) is 18.4 Å². The van der Waals surface area contributed by atoms with Crippen LogP contribution in [-0.2, 0) is 16.0 Å². The Hall–Kier alpha value is -2.86. The molecule has 2 rings (SSSR count). The smallest absolute Gasteiger partial charge is 0.225 e. The number of nitrogen functional groups attached to an aromatic ring is 1. The minimum absolute atomic E-state index is 0.0223. The molecule has 0 unspecified atom stereocenters. The standard InChI is InChI=1S/C17H18N2O4/c18-13-8-6-11(7-9-13)10-14(20)19-15(17(22)23)16(21)12-4-2-1-3-5-12/h1-9,15-16,21H,10,18H2,(H,19,20)(H,22,23)/p-1/t15-,16+/m0/s1. The molecule has 2 aromatic rings. The lowest BCUT2D eigenvalue weighted by Gasteiger charge is -2.25. The fourth-order valence-electron chi connectivity index (χ4n) is 2.15. The molecule has 0 heterocycles. The quantitative estimate of drug-likeness (QED) is 0.638. The summed E-state index contributed by atoms with van der Waals surface area (Å²) in [6.07, 6.45) is -1.41. The molecule has 0 aliphatic carbocycles. The first-order chi connectivity index (χ1) is 11.0. The van der Waals surface area contributed by atoms with Gasteiger partial charge in [0.2, 0.25) is 5.91 Å². The minimum Gasteiger partial charge on any atom is -0.548 e. The molecule has 2 aromatic carbocycles. The number of carboxylic acid groups (broad SMARTS) is 1. The highest BCUT2D eigenvalue weighted by Gasteiger charge is 2.23. The second-order valence-corrected chi connectivity index (χ2v) is 5.14. The molecule has 2 atom stereocenters. The minimum atomic E-state index is -1.55. The first-order valence-electron chi connectivity index (χ1n) is 7.05. The van der Waals surface area contributed by atoms with Crippen LogP contribution in [0.3, 0.4) is 0 Å². The number of amides is 1. The number of carbonyl (C=O) groups excluding carboxylic acids is 2. The molecule has 120 valence electrons. The van der Waals surface area contributed by atoms with Gasteiger partial charge in [0.1, 0.15) is 6.10 Å². The van der Waals surface area contributed by atoms with Crippen LogP contribution in [0.2, 0.25) is 0 Å². The van der Waals surface area contributed by atoms with Gasteiger partial charge in [0, 0.05) is 5.69 Å². The van der Waals surface area contributed by atoms with Crippen molar-refractivity contribution in [3.05, 3.63) is 65.7 Å². The van der Waals surface area contributed by atoms with Crippen LogP contribution in [0.25, 0.3) is 0 Å². The lowest BCUT2D eigenvalue weighted by molar-refractivity contribution is -0.310. The highest BCUT2D eigenvalue weighted by atomic mass is 16.4. The number of nitrogens with two attached hydrogens (primary N) is 1. The van der Waals surface area contributed by atoms with Crippen molar-refractivity contribution in [3.8, 4) is 0 Å². The van der Waals surface area contributed by atoms with E-state index in [0.29, 0.717) is 16.8 Å². The summed E-state index contributed by atoms with van der Waals surface area (Å²) in [6, 6.07) is 13.4. The van der Waals surface area contributed by atoms with Gasteiger partial charge >= 0.3 is 0 Å². The molecular weight excluding hydrogens is 296 g/mol. The van der Waals surface area contributed by atoms with Crippen LogP contribution in [0.1, 0.15) is 17.2 Å². The lowest BCUT2D eigenvalue weighted by Crippen LogP contribution is -2.51. The van der Waals surface area contributed by atoms with Gasteiger partial charge < -0.3 is 26.1 Å². The average Bonchev–Trinajstić information content (AvgIpc) is 2.55. The third-order valence-corrected chi connectivity index (χ3v) is 3.37. The number of anilines is 1. The van der Waals surface area contributed by atoms with Crippen molar-refractivity contribution in [1.29, 1.82) is 0 Å². The van der Waals surface area contributed by atoms with E-state index in [2.05, 4.69) is 5.32 Å². The molecule has 0 aliphatic heterocycles. The molecule has 0 fully saturated rings. The van der Waals surface area contributed by atoms with Crippen molar-refractivity contribution >= 4 is 17.6 Å². The highest BCUT2D eigenvalue weighted by Crippen LogP contribution is 2.16. The number of nitrogens with one attached hydrogen (secondary N) is 1. The number of hydrogen-bond acceptors (Lipinski definition) is 5. The topological polar surface area (TPSA) is 115 Å². The zero-order valence-corrected chi connectivity index (χ0v) is 12.3. The number of rotatable bonds is 6. The number of aliphatic hydroxyl groups is 1. The van der Waals surface area contributed by atoms with E-state index in [9.17, 15) is 19.8 Å². The maximum absolute atomic E-state index is 12.0. The van der Waals surface area contributed by atoms with Crippen LogP contribution >= 0.6 is 0 Å². The molecule has 23 heavy (non-hydrogen) atoms. The molecule has 0 saturated carbocycles. The second kappa shape index (κ2) is 7.42. The summed E-state index contributed by atoms with van der Waals surface area (Å²) in [7, 11) is 0. The number of hydrogen-bond donors (Lipinski definition) is 3. The molecule has 0 aromatic heterocycles. The van der Waals surface area contributed by atoms with Crippen LogP contribution in [-0.4, -0.2) is 23.0 Å². The van der Waals surface area contributed by atoms with Crippen molar-refractivity contribution in [1.82, 2.24) is 5.32 Å². The SMILES string of the molecule is Nc1ccc(CC(=O)N[C@H](C(=O)[O-])[C@H](O)c2ccccc2)cc1. The molecule has 4 N–H and O–H groups in total. The molecular formula is C17H17N2O4-. The zero-order valence-electron chi connectivity index (χ0n) is 12.3. The van der Waals surface area contributed by atoms with Gasteiger partial charge in [-0.05, 0) is 23.3 Å². The van der Waals surface area contributed by atoms with Crippen molar-refractivity contribution in [3.63, 3.8) is 0 Å². The van der Waals surface area contributed by atoms with Crippen LogP contribution < -0.4 is 16.2 Å². The average molecular weight is 313 g/mol. The molecule has 0 spiro atoms. The van der Waals surface area contributed by atoms with Gasteiger partial charge in [-0.2, -0.15) is 0 Å². The maximum Gasteiger partial charge on any atom is 0.225 e. The predicted molar refractivity (Wildman–Crippen MR) is 82.9 cm³/mol. The van der Waals surface area contributed by atoms with E-state index in [0.717, 1.165) is 0 Å². The molecule has 0 saturated heterocycles. The van der Waals surface area contributed by atoms with E-state index in [1.54, 1.807) is 54.6 Å². The van der Waals surface area contributed by atoms with Crippen LogP contribution in [0.4, 0.5) is 5.69 Å². The molecule has 6 heteroatoms. The Morgan fingerprint density at radius 3 is 2.26 bits per heavy atom. The normalized spacial score (nSPS) is 13.1. The number of carboxylic acids is 1. The predicted octanol–water partition coefficient (Wildman–Crippen LogP) is -0.220. The summed E-state index contributed by atoms with van der Waals surface area (Å²) >= 11 is 0. The van der Waals surface area contributed by atoms with Gasteiger partial charge in [-0.15, -0.1) is 0 Å². The summed E-state index contributed by atoms with van der Waals surface area (Å²) in [5.74, 6) is -2.08. The van der Waals surface area contributed by atoms with Crippen molar-refractivity contribution in [2.24, 2.45) is 0 Å². The second-order valence-electron chi connectivity index (χ2n) is 5.14. The summed E-state index contributed by atoms with van der Waals surface area (Å²) in [6.45, 7) is 0. The van der Waals surface area contributed by atoms with Gasteiger partial charge in [-0.25, -0.2) is 0 Å². The summed E-state index contributed by atoms with van der Waals surface area (Å²) in [5, 5.41) is 23.7. The van der Waals surface area contributed by atoms with Crippen molar-refractivity contribution < 1.29 is 19.8 Å². The fourth-order valence-corrected chi connectivity index (χ4v) is 2.15. The number of aliphatic hydroxyl groups excluding tert-OH is 1. The Kier molecular flexibility index (Phi) is 5.32. The zero-order chi connectivity index (χ0) is 16.8. The Balaban J connectivity index is 2.05. The molecule has 0 bridgehead atoms. The van der Waals surface area contributed by atoms with Crippen LogP contribution in [0.15, 0.2) is 54.6 Å². The van der Waals surface area contributed by atoms with E-state index >= 15 is 0 Å². The highest BCUT2D eigenvalue weighted by molar-refractivity contribution is 5.84. The Morgan fingerprint density at radius 1 is 1.09 bits per heavy atom. The molecule has 0 aliphatic rings. The van der Waals surface area contributed by atoms with Crippen LogP contribution in [0, 0.1) is 0 Å².